The van der Waals surface area contributed by atoms with Gasteiger partial charge < -0.3 is 14.9 Å². The van der Waals surface area contributed by atoms with E-state index in [9.17, 15) is 15.0 Å². The van der Waals surface area contributed by atoms with Crippen LogP contribution in [0.1, 0.15) is 127 Å². The minimum atomic E-state index is -0.274. The first-order valence-electron chi connectivity index (χ1n) is 14.8. The number of aliphatic hydroxyl groups is 2. The average molecular weight is 527 g/mol. The largest absolute Gasteiger partial charge is 0.393 e. The lowest BCUT2D eigenvalue weighted by Crippen LogP contribution is -2.49. The zero-order valence-electron chi connectivity index (χ0n) is 24.1. The van der Waals surface area contributed by atoms with Gasteiger partial charge in [0, 0.05) is 20.1 Å². The predicted molar refractivity (Wildman–Crippen MR) is 159 cm³/mol. The number of methoxy groups -OCH3 is 1. The number of rotatable bonds is 6. The van der Waals surface area contributed by atoms with E-state index in [2.05, 4.69) is 39.4 Å². The number of hydrogen-bond acceptors (Lipinski definition) is 4. The Morgan fingerprint density at radius 3 is 2.14 bits per heavy atom. The summed E-state index contributed by atoms with van der Waals surface area (Å²) in [4.78, 5) is 12.2. The van der Waals surface area contributed by atoms with Crippen molar-refractivity contribution in [1.82, 2.24) is 0 Å². The second-order valence-electron chi connectivity index (χ2n) is 13.1. The Labute approximate surface area is 231 Å². The van der Waals surface area contributed by atoms with E-state index in [-0.39, 0.29) is 44.7 Å². The minimum absolute atomic E-state index is 0. The van der Waals surface area contributed by atoms with Crippen molar-refractivity contribution in [3.8, 4) is 0 Å². The number of aliphatic hydroxyl groups excluding tert-OH is 2. The number of carbonyl (C=O) groups is 1. The van der Waals surface area contributed by atoms with Gasteiger partial charge in [0.15, 0.2) is 5.78 Å². The molecule has 0 amide bonds. The summed E-state index contributed by atoms with van der Waals surface area (Å²) in [5.74, 6) is 5.90. The van der Waals surface area contributed by atoms with Crippen LogP contribution >= 0.6 is 0 Å². The van der Waals surface area contributed by atoms with Crippen LogP contribution in [0.25, 0.3) is 0 Å². The van der Waals surface area contributed by atoms with Crippen LogP contribution in [0.3, 0.4) is 0 Å². The lowest BCUT2D eigenvalue weighted by Gasteiger charge is -2.56. The maximum absolute atomic E-state index is 12.2. The number of hydrogen-bond donors (Lipinski definition) is 2. The van der Waals surface area contributed by atoms with E-state index in [0.29, 0.717) is 5.92 Å². The molecule has 0 radical (unpaired) electrons. The molecule has 4 heteroatoms. The maximum atomic E-state index is 12.2. The fraction of sp³-hybridized carbons (Fsp3) is 0.970. The van der Waals surface area contributed by atoms with Gasteiger partial charge >= 0.3 is 0 Å². The molecule has 4 nitrogen and oxygen atoms in total. The Kier molecular flexibility index (Phi) is 17.1. The monoisotopic (exact) mass is 526 g/mol. The molecule has 0 saturated heterocycles. The average Bonchev–Trinajstić information content (AvgIpc) is 3.16. The molecule has 222 valence electrons. The summed E-state index contributed by atoms with van der Waals surface area (Å²) >= 11 is 0. The number of ketones is 1. The van der Waals surface area contributed by atoms with Gasteiger partial charge in [0.2, 0.25) is 0 Å². The molecule has 0 bridgehead atoms. The first kappa shape index (κ1) is 36.5. The van der Waals surface area contributed by atoms with Gasteiger partial charge in [0.25, 0.3) is 0 Å². The number of Topliss-reactive ketones (excluding diaryl/α,β-unsaturated/α-hetero) is 1. The molecule has 4 saturated carbocycles. The first-order chi connectivity index (χ1) is 16.6. The van der Waals surface area contributed by atoms with Crippen molar-refractivity contribution in [1.29, 1.82) is 0 Å². The van der Waals surface area contributed by atoms with Gasteiger partial charge in [-0.1, -0.05) is 62.3 Å². The van der Waals surface area contributed by atoms with Crippen molar-refractivity contribution in [2.75, 3.05) is 20.8 Å². The van der Waals surface area contributed by atoms with Crippen LogP contribution in [0, 0.1) is 52.8 Å². The van der Waals surface area contributed by atoms with Crippen molar-refractivity contribution in [3.05, 3.63) is 0 Å². The summed E-state index contributed by atoms with van der Waals surface area (Å²) in [5.41, 5.74) is 0.141. The molecule has 4 fully saturated rings. The number of ether oxygens (including phenoxy) is 1. The lowest BCUT2D eigenvalue weighted by atomic mass is 9.49. The highest BCUT2D eigenvalue weighted by Crippen LogP contribution is 2.64. The Bertz CT molecular complexity index is 619. The SMILES string of the molecule is C.C.CC12CCC3C4CCC(O)CC4CCC3C1CCC2C(=O)CO.CCCC(C)CC(C)C.COC. The molecule has 4 aliphatic rings. The molecule has 9 unspecified atom stereocenters. The van der Waals surface area contributed by atoms with Gasteiger partial charge in [-0.3, -0.25) is 4.79 Å². The normalized spacial score (nSPS) is 36.5. The molecular weight excluding hydrogens is 460 g/mol. The fourth-order valence-corrected chi connectivity index (χ4v) is 8.88. The third kappa shape index (κ3) is 9.31. The lowest BCUT2D eigenvalue weighted by molar-refractivity contribution is -0.133. The van der Waals surface area contributed by atoms with E-state index >= 15 is 0 Å². The molecule has 0 aromatic heterocycles. The molecule has 0 aromatic carbocycles. The summed E-state index contributed by atoms with van der Waals surface area (Å²) in [6.45, 7) is 11.3. The van der Waals surface area contributed by atoms with E-state index in [1.165, 1.54) is 57.8 Å². The van der Waals surface area contributed by atoms with Gasteiger partial charge in [-0.2, -0.15) is 0 Å². The van der Waals surface area contributed by atoms with Gasteiger partial charge in [-0.15, -0.1) is 0 Å². The number of fused-ring (bicyclic) bond motifs is 5. The minimum Gasteiger partial charge on any atom is -0.393 e. The molecular formula is C33H66O4. The second kappa shape index (κ2) is 17.3. The van der Waals surface area contributed by atoms with Gasteiger partial charge in [-0.05, 0) is 111 Å². The topological polar surface area (TPSA) is 66.8 Å². The van der Waals surface area contributed by atoms with Crippen LogP contribution in [0.15, 0.2) is 0 Å². The van der Waals surface area contributed by atoms with Crippen LogP contribution in [-0.4, -0.2) is 42.9 Å². The number of carbonyl (C=O) groups excluding carboxylic acids is 1. The van der Waals surface area contributed by atoms with E-state index < -0.39 is 0 Å². The van der Waals surface area contributed by atoms with Gasteiger partial charge in [0.1, 0.15) is 6.61 Å². The summed E-state index contributed by atoms with van der Waals surface area (Å²) in [6.07, 6.45) is 14.5. The van der Waals surface area contributed by atoms with E-state index in [1.54, 1.807) is 14.2 Å². The van der Waals surface area contributed by atoms with Crippen LogP contribution in [0.4, 0.5) is 0 Å². The molecule has 9 atom stereocenters. The Balaban J connectivity index is 0.000000793. The summed E-state index contributed by atoms with van der Waals surface area (Å²) in [5, 5.41) is 19.3. The maximum Gasteiger partial charge on any atom is 0.161 e. The van der Waals surface area contributed by atoms with E-state index in [1.807, 2.05) is 0 Å². The third-order valence-corrected chi connectivity index (χ3v) is 10.1. The molecule has 0 spiro atoms. The van der Waals surface area contributed by atoms with E-state index in [0.717, 1.165) is 54.8 Å². The molecule has 4 aliphatic carbocycles. The smallest absolute Gasteiger partial charge is 0.161 e. The van der Waals surface area contributed by atoms with Crippen molar-refractivity contribution < 1.29 is 19.7 Å². The van der Waals surface area contributed by atoms with Crippen LogP contribution in [0.2, 0.25) is 0 Å². The molecule has 2 N–H and O–H groups in total. The molecule has 0 heterocycles. The Morgan fingerprint density at radius 1 is 0.946 bits per heavy atom. The van der Waals surface area contributed by atoms with Crippen LogP contribution in [0.5, 0.6) is 0 Å². The zero-order valence-corrected chi connectivity index (χ0v) is 24.1. The van der Waals surface area contributed by atoms with Crippen molar-refractivity contribution in [2.45, 2.75) is 133 Å². The van der Waals surface area contributed by atoms with Crippen LogP contribution in [-0.2, 0) is 9.53 Å². The first-order valence-corrected chi connectivity index (χ1v) is 14.8. The highest BCUT2D eigenvalue weighted by atomic mass is 16.4. The van der Waals surface area contributed by atoms with Crippen LogP contribution < -0.4 is 0 Å². The Hall–Kier alpha value is -0.450. The van der Waals surface area contributed by atoms with Crippen molar-refractivity contribution in [2.24, 2.45) is 52.8 Å². The molecule has 0 aromatic rings. The summed E-state index contributed by atoms with van der Waals surface area (Å²) in [7, 11) is 3.25. The zero-order chi connectivity index (χ0) is 26.2. The highest BCUT2D eigenvalue weighted by molar-refractivity contribution is 5.83. The quantitative estimate of drug-likeness (QED) is 0.366. The molecule has 4 rings (SSSR count). The van der Waals surface area contributed by atoms with Crippen molar-refractivity contribution in [3.63, 3.8) is 0 Å². The van der Waals surface area contributed by atoms with Gasteiger partial charge in [-0.25, -0.2) is 0 Å². The van der Waals surface area contributed by atoms with E-state index in [4.69, 9.17) is 0 Å². The standard InChI is InChI=1S/C20H32O3.C9H20.C2H6O.2CH4/c1-20-9-8-15-14-5-3-13(22)10-12(14)2-4-16(15)17(20)6-7-18(20)19(23)11-21;1-5-6-9(4)7-8(2)3;1-3-2;;/h12-18,21-22H,2-11H2,1H3;8-9H,5-7H2,1-4H3;1-2H3;2*1H4. The predicted octanol–water partition coefficient (Wildman–Crippen LogP) is 8.18. The van der Waals surface area contributed by atoms with Gasteiger partial charge in [0.05, 0.1) is 6.10 Å². The van der Waals surface area contributed by atoms with Crippen molar-refractivity contribution >= 4 is 5.78 Å². The molecule has 0 aliphatic heterocycles. The Morgan fingerprint density at radius 2 is 1.57 bits per heavy atom. The highest BCUT2D eigenvalue weighted by Gasteiger charge is 2.58. The second-order valence-corrected chi connectivity index (χ2v) is 13.1. The summed E-state index contributed by atoms with van der Waals surface area (Å²) < 4.78 is 4.25. The summed E-state index contributed by atoms with van der Waals surface area (Å²) in [6, 6.07) is 0. The molecule has 37 heavy (non-hydrogen) atoms. The fourth-order valence-electron chi connectivity index (χ4n) is 8.88. The third-order valence-electron chi connectivity index (χ3n) is 10.1.